The van der Waals surface area contributed by atoms with Crippen LogP contribution in [0, 0.1) is 0 Å². The summed E-state index contributed by atoms with van der Waals surface area (Å²) in [6.07, 6.45) is 2.65. The molecule has 20 heavy (non-hydrogen) atoms. The number of nitrogens with one attached hydrogen (secondary N) is 1. The molecule has 0 spiro atoms. The topological polar surface area (TPSA) is 81.9 Å². The van der Waals surface area contributed by atoms with Crippen molar-refractivity contribution in [2.45, 2.75) is 38.8 Å². The zero-order valence-electron chi connectivity index (χ0n) is 11.7. The first-order chi connectivity index (χ1) is 9.61. The number of aryl methyl sites for hydroxylation is 1. The number of rotatable bonds is 3. The number of aromatic nitrogens is 4. The van der Waals surface area contributed by atoms with Gasteiger partial charge in [0.2, 0.25) is 0 Å². The predicted octanol–water partition coefficient (Wildman–Crippen LogP) is 0.165. The molecule has 0 radical (unpaired) electrons. The summed E-state index contributed by atoms with van der Waals surface area (Å²) in [4.78, 5) is 31.8. The Hall–Kier alpha value is -1.89. The van der Waals surface area contributed by atoms with Gasteiger partial charge in [-0.05, 0) is 12.8 Å². The quantitative estimate of drug-likeness (QED) is 0.867. The second-order valence-corrected chi connectivity index (χ2v) is 5.13. The molecular weight excluding hydrogens is 260 g/mol. The summed E-state index contributed by atoms with van der Waals surface area (Å²) in [6.45, 7) is 3.12. The van der Waals surface area contributed by atoms with Crippen LogP contribution in [0.2, 0.25) is 0 Å². The molecule has 1 aliphatic rings. The van der Waals surface area contributed by atoms with E-state index in [2.05, 4.69) is 9.97 Å². The van der Waals surface area contributed by atoms with Gasteiger partial charge in [0.15, 0.2) is 5.65 Å². The first-order valence-electron chi connectivity index (χ1n) is 6.91. The van der Waals surface area contributed by atoms with Crippen LogP contribution < -0.4 is 11.2 Å². The second-order valence-electron chi connectivity index (χ2n) is 5.13. The summed E-state index contributed by atoms with van der Waals surface area (Å²) >= 11 is 0. The largest absolute Gasteiger partial charge is 0.376 e. The summed E-state index contributed by atoms with van der Waals surface area (Å²) in [7, 11) is 1.49. The number of ether oxygens (including phenoxy) is 1. The number of imidazole rings is 1. The lowest BCUT2D eigenvalue weighted by molar-refractivity contribution is 0.0964. The summed E-state index contributed by atoms with van der Waals surface area (Å²) in [5, 5.41) is 0. The minimum atomic E-state index is -0.341. The molecule has 1 aliphatic heterocycles. The lowest BCUT2D eigenvalue weighted by Crippen LogP contribution is -2.40. The fraction of sp³-hybridized carbons (Fsp3) is 0.615. The van der Waals surface area contributed by atoms with Gasteiger partial charge in [-0.1, -0.05) is 6.92 Å². The molecule has 1 atom stereocenters. The van der Waals surface area contributed by atoms with Crippen LogP contribution >= 0.6 is 0 Å². The van der Waals surface area contributed by atoms with Crippen molar-refractivity contribution in [3.8, 4) is 0 Å². The van der Waals surface area contributed by atoms with Gasteiger partial charge in [0.05, 0.1) is 12.6 Å². The van der Waals surface area contributed by atoms with E-state index in [0.717, 1.165) is 24.0 Å². The molecule has 1 saturated heterocycles. The van der Waals surface area contributed by atoms with Gasteiger partial charge in [-0.15, -0.1) is 0 Å². The maximum Gasteiger partial charge on any atom is 0.332 e. The van der Waals surface area contributed by atoms with E-state index in [0.29, 0.717) is 30.0 Å². The van der Waals surface area contributed by atoms with E-state index in [4.69, 9.17) is 4.74 Å². The van der Waals surface area contributed by atoms with Crippen LogP contribution in [0.25, 0.3) is 11.2 Å². The molecule has 3 heterocycles. The maximum absolute atomic E-state index is 12.3. The van der Waals surface area contributed by atoms with Crippen molar-refractivity contribution in [3.05, 3.63) is 26.7 Å². The molecule has 0 aliphatic carbocycles. The third-order valence-electron chi connectivity index (χ3n) is 3.77. The minimum absolute atomic E-state index is 0.0233. The van der Waals surface area contributed by atoms with Crippen LogP contribution in [0.5, 0.6) is 0 Å². The van der Waals surface area contributed by atoms with Gasteiger partial charge in [0.1, 0.15) is 11.3 Å². The fourth-order valence-corrected chi connectivity index (χ4v) is 2.61. The van der Waals surface area contributed by atoms with Crippen molar-refractivity contribution >= 4 is 11.2 Å². The van der Waals surface area contributed by atoms with E-state index < -0.39 is 0 Å². The van der Waals surface area contributed by atoms with Gasteiger partial charge in [0, 0.05) is 20.1 Å². The molecule has 0 amide bonds. The second kappa shape index (κ2) is 4.90. The van der Waals surface area contributed by atoms with E-state index in [1.807, 2.05) is 6.92 Å². The normalized spacial score (nSPS) is 19.0. The molecule has 7 nitrogen and oxygen atoms in total. The average Bonchev–Trinajstić information content (AvgIpc) is 3.10. The van der Waals surface area contributed by atoms with Crippen molar-refractivity contribution in [1.29, 1.82) is 0 Å². The number of fused-ring (bicyclic) bond motifs is 1. The molecular formula is C13H18N4O3. The van der Waals surface area contributed by atoms with Crippen LogP contribution in [0.4, 0.5) is 0 Å². The minimum Gasteiger partial charge on any atom is -0.376 e. The van der Waals surface area contributed by atoms with Gasteiger partial charge in [-0.2, -0.15) is 0 Å². The Balaban J connectivity index is 2.20. The van der Waals surface area contributed by atoms with Gasteiger partial charge in [0.25, 0.3) is 5.56 Å². The zero-order chi connectivity index (χ0) is 14.3. The molecule has 2 aromatic heterocycles. The van der Waals surface area contributed by atoms with Crippen molar-refractivity contribution < 1.29 is 4.74 Å². The summed E-state index contributed by atoms with van der Waals surface area (Å²) in [6, 6.07) is 0. The highest BCUT2D eigenvalue weighted by Gasteiger charge is 2.21. The summed E-state index contributed by atoms with van der Waals surface area (Å²) in [5.74, 6) is 0.712. The Morgan fingerprint density at radius 3 is 2.90 bits per heavy atom. The Bertz CT molecular complexity index is 749. The number of hydrogen-bond donors (Lipinski definition) is 1. The third-order valence-corrected chi connectivity index (χ3v) is 3.77. The van der Waals surface area contributed by atoms with Crippen LogP contribution in [-0.2, 0) is 24.8 Å². The number of nitrogens with zero attached hydrogens (tertiary/aromatic N) is 3. The van der Waals surface area contributed by atoms with Crippen LogP contribution in [0.15, 0.2) is 9.59 Å². The van der Waals surface area contributed by atoms with E-state index in [9.17, 15) is 9.59 Å². The van der Waals surface area contributed by atoms with Crippen molar-refractivity contribution in [1.82, 2.24) is 19.1 Å². The fourth-order valence-electron chi connectivity index (χ4n) is 2.61. The van der Waals surface area contributed by atoms with Gasteiger partial charge >= 0.3 is 5.69 Å². The molecule has 2 aromatic rings. The highest BCUT2D eigenvalue weighted by Crippen LogP contribution is 2.15. The monoisotopic (exact) mass is 278 g/mol. The van der Waals surface area contributed by atoms with E-state index in [-0.39, 0.29) is 17.4 Å². The molecule has 1 N–H and O–H groups in total. The SMILES string of the molecule is CCc1nc2c([nH]1)c(=O)n(C)c(=O)n2CC1CCCO1. The van der Waals surface area contributed by atoms with Gasteiger partial charge in [-0.25, -0.2) is 9.78 Å². The first-order valence-corrected chi connectivity index (χ1v) is 6.91. The molecule has 1 fully saturated rings. The highest BCUT2D eigenvalue weighted by atomic mass is 16.5. The Kier molecular flexibility index (Phi) is 3.21. The molecule has 1 unspecified atom stereocenters. The van der Waals surface area contributed by atoms with E-state index in [1.165, 1.54) is 7.05 Å². The smallest absolute Gasteiger partial charge is 0.332 e. The van der Waals surface area contributed by atoms with Crippen LogP contribution in [0.1, 0.15) is 25.6 Å². The Morgan fingerprint density at radius 1 is 1.45 bits per heavy atom. The van der Waals surface area contributed by atoms with Crippen molar-refractivity contribution in [2.75, 3.05) is 6.61 Å². The lowest BCUT2D eigenvalue weighted by Gasteiger charge is -2.13. The predicted molar refractivity (Wildman–Crippen MR) is 73.9 cm³/mol. The van der Waals surface area contributed by atoms with E-state index in [1.54, 1.807) is 4.57 Å². The van der Waals surface area contributed by atoms with Crippen molar-refractivity contribution in [3.63, 3.8) is 0 Å². The van der Waals surface area contributed by atoms with Gasteiger partial charge < -0.3 is 9.72 Å². The molecule has 3 rings (SSSR count). The standard InChI is InChI=1S/C13H18N4O3/c1-3-9-14-10-11(15-9)17(7-8-5-4-6-20-8)13(19)16(2)12(10)18/h8H,3-7H2,1-2H3,(H,14,15). The average molecular weight is 278 g/mol. The number of H-pyrrole nitrogens is 1. The zero-order valence-corrected chi connectivity index (χ0v) is 11.7. The van der Waals surface area contributed by atoms with Crippen LogP contribution in [0.3, 0.4) is 0 Å². The number of hydrogen-bond acceptors (Lipinski definition) is 4. The van der Waals surface area contributed by atoms with Crippen molar-refractivity contribution in [2.24, 2.45) is 7.05 Å². The molecule has 0 bridgehead atoms. The summed E-state index contributed by atoms with van der Waals surface area (Å²) in [5.41, 5.74) is 0.153. The maximum atomic E-state index is 12.3. The molecule has 7 heteroatoms. The van der Waals surface area contributed by atoms with E-state index >= 15 is 0 Å². The Morgan fingerprint density at radius 2 is 2.25 bits per heavy atom. The molecule has 0 saturated carbocycles. The van der Waals surface area contributed by atoms with Gasteiger partial charge in [-0.3, -0.25) is 13.9 Å². The highest BCUT2D eigenvalue weighted by molar-refractivity contribution is 5.69. The Labute approximate surface area is 115 Å². The number of aromatic amines is 1. The molecule has 0 aromatic carbocycles. The van der Waals surface area contributed by atoms with Crippen LogP contribution in [-0.4, -0.2) is 31.8 Å². The summed E-state index contributed by atoms with van der Waals surface area (Å²) < 4.78 is 8.24. The third kappa shape index (κ3) is 1.98. The first kappa shape index (κ1) is 13.1. The lowest BCUT2D eigenvalue weighted by atomic mass is 10.2. The molecule has 108 valence electrons.